The Morgan fingerprint density at radius 3 is 2.67 bits per heavy atom. The molecule has 0 saturated carbocycles. The molecule has 180 valence electrons. The van der Waals surface area contributed by atoms with Crippen LogP contribution in [0.25, 0.3) is 0 Å². The number of carbonyl (C=O) groups excluding carboxylic acids is 2. The summed E-state index contributed by atoms with van der Waals surface area (Å²) in [6.45, 7) is 8.48. The molecule has 4 heterocycles. The highest BCUT2D eigenvalue weighted by Crippen LogP contribution is 2.64. The van der Waals surface area contributed by atoms with E-state index in [0.29, 0.717) is 11.5 Å². The van der Waals surface area contributed by atoms with Crippen LogP contribution in [0.15, 0.2) is 29.2 Å². The van der Waals surface area contributed by atoms with E-state index in [1.165, 1.54) is 0 Å². The number of cyclic esters (lactones) is 1. The van der Waals surface area contributed by atoms with E-state index in [2.05, 4.69) is 0 Å². The molecule has 8 atom stereocenters. The van der Waals surface area contributed by atoms with Crippen LogP contribution in [0.5, 0.6) is 0 Å². The Morgan fingerprint density at radius 1 is 1.27 bits per heavy atom. The standard InChI is InChI=1S/C23H29NO7S2/c1-5-28-18(25)17-16-19(29-6-2)31-21(26)23(16,33(27)14-9-7-13(3)8-10-14)20-24(17)22(4)15(32-20)11-12-30-22/h7-10,15-17,19-20H,5-6,11-12H2,1-4H3/t15-,16-,17-,19+,20+,22+,23-,33-/m0/s1. The molecule has 5 rings (SSSR count). The molecule has 1 aromatic rings. The van der Waals surface area contributed by atoms with Gasteiger partial charge in [-0.3, -0.25) is 13.8 Å². The van der Waals surface area contributed by atoms with Gasteiger partial charge < -0.3 is 18.9 Å². The second-order valence-corrected chi connectivity index (χ2v) is 11.9. The first-order chi connectivity index (χ1) is 15.8. The van der Waals surface area contributed by atoms with Gasteiger partial charge in [-0.2, -0.15) is 0 Å². The maximum atomic E-state index is 14.3. The third-order valence-corrected chi connectivity index (χ3v) is 11.2. The van der Waals surface area contributed by atoms with Crippen LogP contribution >= 0.6 is 11.8 Å². The van der Waals surface area contributed by atoms with E-state index < -0.39 is 56.8 Å². The number of hydrogen-bond acceptors (Lipinski definition) is 9. The molecule has 0 radical (unpaired) electrons. The van der Waals surface area contributed by atoms with Gasteiger partial charge in [0.25, 0.3) is 0 Å². The Labute approximate surface area is 200 Å². The molecule has 1 aromatic carbocycles. The molecule has 4 saturated heterocycles. The van der Waals surface area contributed by atoms with Crippen molar-refractivity contribution >= 4 is 34.5 Å². The zero-order chi connectivity index (χ0) is 23.5. The molecule has 0 amide bonds. The van der Waals surface area contributed by atoms with Crippen LogP contribution < -0.4 is 0 Å². The van der Waals surface area contributed by atoms with Crippen molar-refractivity contribution in [1.82, 2.24) is 4.90 Å². The Bertz CT molecular complexity index is 988. The fourth-order valence-corrected chi connectivity index (χ4v) is 9.82. The SMILES string of the molecule is CCOC(=O)[C@@H]1[C@H]2[C@H](OCC)OC(=O)[C@@]2([S@@](=O)c2ccc(C)cc2)[C@H]2S[C@H]3CCO[C@@]3(C)N12. The lowest BCUT2D eigenvalue weighted by atomic mass is 9.90. The summed E-state index contributed by atoms with van der Waals surface area (Å²) in [5.74, 6) is -1.87. The normalized spacial score (nSPS) is 40.2. The topological polar surface area (TPSA) is 91.4 Å². The molecule has 0 aromatic heterocycles. The van der Waals surface area contributed by atoms with Crippen LogP contribution in [0.1, 0.15) is 32.8 Å². The number of carbonyl (C=O) groups is 2. The van der Waals surface area contributed by atoms with Crippen LogP contribution in [0.4, 0.5) is 0 Å². The fourth-order valence-electron chi connectivity index (χ4n) is 5.72. The van der Waals surface area contributed by atoms with Crippen molar-refractivity contribution in [3.05, 3.63) is 29.8 Å². The monoisotopic (exact) mass is 495 g/mol. The molecule has 4 fully saturated rings. The van der Waals surface area contributed by atoms with Gasteiger partial charge in [0.15, 0.2) is 4.75 Å². The van der Waals surface area contributed by atoms with Crippen molar-refractivity contribution in [3.63, 3.8) is 0 Å². The van der Waals surface area contributed by atoms with Gasteiger partial charge in [-0.1, -0.05) is 17.7 Å². The number of esters is 2. The summed E-state index contributed by atoms with van der Waals surface area (Å²) in [6, 6.07) is 6.41. The average Bonchev–Trinajstić information content (AvgIpc) is 3.45. The summed E-state index contributed by atoms with van der Waals surface area (Å²) >= 11 is 1.56. The van der Waals surface area contributed by atoms with Crippen LogP contribution in [-0.4, -0.2) is 74.3 Å². The van der Waals surface area contributed by atoms with Crippen molar-refractivity contribution in [1.29, 1.82) is 0 Å². The minimum atomic E-state index is -1.81. The first-order valence-electron chi connectivity index (χ1n) is 11.4. The third kappa shape index (κ3) is 3.10. The lowest BCUT2D eigenvalue weighted by Crippen LogP contribution is -2.56. The Hall–Kier alpha value is -1.46. The third-order valence-electron chi connectivity index (χ3n) is 7.17. The molecular weight excluding hydrogens is 466 g/mol. The summed E-state index contributed by atoms with van der Waals surface area (Å²) in [7, 11) is -1.81. The highest BCUT2D eigenvalue weighted by atomic mass is 32.2. The number of thioether (sulfide) groups is 1. The van der Waals surface area contributed by atoms with Crippen LogP contribution in [-0.2, 0) is 39.3 Å². The van der Waals surface area contributed by atoms with Crippen molar-refractivity contribution < 1.29 is 32.7 Å². The van der Waals surface area contributed by atoms with Crippen molar-refractivity contribution in [2.24, 2.45) is 5.92 Å². The van der Waals surface area contributed by atoms with Gasteiger partial charge >= 0.3 is 11.9 Å². The van der Waals surface area contributed by atoms with E-state index in [0.717, 1.165) is 12.0 Å². The minimum absolute atomic E-state index is 0.0335. The Kier molecular flexibility index (Phi) is 5.88. The lowest BCUT2D eigenvalue weighted by molar-refractivity contribution is -0.187. The maximum absolute atomic E-state index is 14.3. The summed E-state index contributed by atoms with van der Waals surface area (Å²) in [4.78, 5) is 29.6. The molecule has 33 heavy (non-hydrogen) atoms. The van der Waals surface area contributed by atoms with Crippen LogP contribution in [0.3, 0.4) is 0 Å². The van der Waals surface area contributed by atoms with Crippen molar-refractivity contribution in [2.45, 2.75) is 72.4 Å². The highest BCUT2D eigenvalue weighted by Gasteiger charge is 2.82. The first-order valence-corrected chi connectivity index (χ1v) is 13.5. The van der Waals surface area contributed by atoms with Crippen molar-refractivity contribution in [2.75, 3.05) is 19.8 Å². The van der Waals surface area contributed by atoms with Gasteiger partial charge in [0.2, 0.25) is 6.29 Å². The van der Waals surface area contributed by atoms with E-state index in [1.807, 2.05) is 30.9 Å². The van der Waals surface area contributed by atoms with Crippen LogP contribution in [0, 0.1) is 12.8 Å². The zero-order valence-electron chi connectivity index (χ0n) is 19.1. The lowest BCUT2D eigenvalue weighted by Gasteiger charge is -2.38. The predicted octanol–water partition coefficient (Wildman–Crippen LogP) is 2.20. The van der Waals surface area contributed by atoms with Gasteiger partial charge in [-0.25, -0.2) is 4.90 Å². The average molecular weight is 496 g/mol. The molecule has 10 heteroatoms. The van der Waals surface area contributed by atoms with Gasteiger partial charge in [-0.15, -0.1) is 11.8 Å². The van der Waals surface area contributed by atoms with Crippen molar-refractivity contribution in [3.8, 4) is 0 Å². The summed E-state index contributed by atoms with van der Waals surface area (Å²) in [5, 5.41) is -0.543. The Balaban J connectivity index is 1.71. The van der Waals surface area contributed by atoms with Crippen LogP contribution in [0.2, 0.25) is 0 Å². The molecule has 4 aliphatic rings. The molecule has 4 aliphatic heterocycles. The van der Waals surface area contributed by atoms with E-state index >= 15 is 0 Å². The van der Waals surface area contributed by atoms with E-state index in [4.69, 9.17) is 18.9 Å². The number of aryl methyl sites for hydroxylation is 1. The van der Waals surface area contributed by atoms with E-state index in [9.17, 15) is 13.8 Å². The number of rotatable bonds is 6. The quantitative estimate of drug-likeness (QED) is 0.551. The number of benzene rings is 1. The predicted molar refractivity (Wildman–Crippen MR) is 122 cm³/mol. The molecule has 0 bridgehead atoms. The van der Waals surface area contributed by atoms with Gasteiger partial charge in [0.1, 0.15) is 11.8 Å². The number of ether oxygens (including phenoxy) is 4. The molecular formula is C23H29NO7S2. The highest BCUT2D eigenvalue weighted by molar-refractivity contribution is 8.02. The summed E-state index contributed by atoms with van der Waals surface area (Å²) in [5.41, 5.74) is 0.243. The Morgan fingerprint density at radius 2 is 2.00 bits per heavy atom. The second-order valence-electron chi connectivity index (χ2n) is 8.90. The molecule has 0 spiro atoms. The number of hydrogen-bond donors (Lipinski definition) is 0. The minimum Gasteiger partial charge on any atom is -0.465 e. The first kappa shape index (κ1) is 23.3. The zero-order valence-corrected chi connectivity index (χ0v) is 20.8. The van der Waals surface area contributed by atoms with Gasteiger partial charge in [-0.05, 0) is 46.2 Å². The fraction of sp³-hybridized carbons (Fsp3) is 0.652. The molecule has 0 aliphatic carbocycles. The molecule has 0 unspecified atom stereocenters. The van der Waals surface area contributed by atoms with Gasteiger partial charge in [0, 0.05) is 11.5 Å². The maximum Gasteiger partial charge on any atom is 0.330 e. The molecule has 8 nitrogen and oxygen atoms in total. The summed E-state index contributed by atoms with van der Waals surface area (Å²) < 4.78 is 36.0. The molecule has 0 N–H and O–H groups in total. The summed E-state index contributed by atoms with van der Waals surface area (Å²) in [6.07, 6.45) is -0.216. The van der Waals surface area contributed by atoms with Gasteiger partial charge in [0.05, 0.1) is 40.6 Å². The van der Waals surface area contributed by atoms with E-state index in [1.54, 1.807) is 37.7 Å². The largest absolute Gasteiger partial charge is 0.465 e. The van der Waals surface area contributed by atoms with E-state index in [-0.39, 0.29) is 18.5 Å². The number of fused-ring (bicyclic) bond motifs is 5. The second kappa shape index (κ2) is 8.34. The smallest absolute Gasteiger partial charge is 0.330 e. The number of nitrogens with zero attached hydrogens (tertiary/aromatic N) is 1.